The predicted molar refractivity (Wildman–Crippen MR) is 129 cm³/mol. The van der Waals surface area contributed by atoms with E-state index < -0.39 is 0 Å². The summed E-state index contributed by atoms with van der Waals surface area (Å²) in [6, 6.07) is 24.7. The molecule has 166 valence electrons. The van der Waals surface area contributed by atoms with Crippen LogP contribution < -0.4 is 11.2 Å². The number of aromatic amines is 1. The van der Waals surface area contributed by atoms with Gasteiger partial charge in [-0.1, -0.05) is 54.6 Å². The molecule has 1 fully saturated rings. The topological polar surface area (TPSA) is 75.2 Å². The number of benzene rings is 3. The summed E-state index contributed by atoms with van der Waals surface area (Å²) in [7, 11) is 0. The zero-order valence-corrected chi connectivity index (χ0v) is 18.2. The number of amides is 1. The van der Waals surface area contributed by atoms with Gasteiger partial charge in [0.2, 0.25) is 0 Å². The lowest BCUT2D eigenvalue weighted by Crippen LogP contribution is -2.42. The molecule has 1 saturated heterocycles. The summed E-state index contributed by atoms with van der Waals surface area (Å²) in [5.41, 5.74) is 2.53. The van der Waals surface area contributed by atoms with E-state index in [2.05, 4.69) is 4.98 Å². The molecule has 0 bridgehead atoms. The molecule has 1 N–H and O–H groups in total. The van der Waals surface area contributed by atoms with Crippen LogP contribution in [0.4, 0.5) is 0 Å². The van der Waals surface area contributed by atoms with Crippen LogP contribution in [-0.4, -0.2) is 33.4 Å². The van der Waals surface area contributed by atoms with Crippen LogP contribution in [0.1, 0.15) is 23.2 Å². The lowest BCUT2D eigenvalue weighted by molar-refractivity contribution is 0.0682. The highest BCUT2D eigenvalue weighted by atomic mass is 16.2. The maximum Gasteiger partial charge on any atom is 0.328 e. The molecular formula is C27H25N3O3. The maximum atomic E-state index is 13.2. The molecule has 0 unspecified atom stereocenters. The Labute approximate surface area is 191 Å². The van der Waals surface area contributed by atoms with Gasteiger partial charge in [0.15, 0.2) is 0 Å². The van der Waals surface area contributed by atoms with E-state index in [1.165, 1.54) is 4.57 Å². The van der Waals surface area contributed by atoms with Gasteiger partial charge in [-0.15, -0.1) is 0 Å². The zero-order valence-electron chi connectivity index (χ0n) is 18.2. The molecule has 0 saturated carbocycles. The van der Waals surface area contributed by atoms with Crippen molar-refractivity contribution in [3.8, 4) is 11.1 Å². The minimum atomic E-state index is -0.386. The molecule has 1 aliphatic rings. The SMILES string of the molecule is O=C(c1ccccc1)N1CCC(Cn2c(=O)[nH]c3ccc(-c4ccccc4)cc3c2=O)CC1. The van der Waals surface area contributed by atoms with Crippen molar-refractivity contribution in [1.82, 2.24) is 14.5 Å². The second-order valence-electron chi connectivity index (χ2n) is 8.57. The Kier molecular flexibility index (Phi) is 5.65. The van der Waals surface area contributed by atoms with E-state index in [0.717, 1.165) is 24.0 Å². The zero-order chi connectivity index (χ0) is 22.8. The summed E-state index contributed by atoms with van der Waals surface area (Å²) in [4.78, 5) is 43.3. The van der Waals surface area contributed by atoms with Crippen molar-refractivity contribution >= 4 is 16.8 Å². The Morgan fingerprint density at radius 2 is 1.52 bits per heavy atom. The van der Waals surface area contributed by atoms with Crippen LogP contribution in [0.5, 0.6) is 0 Å². The molecule has 6 heteroatoms. The number of fused-ring (bicyclic) bond motifs is 1. The highest BCUT2D eigenvalue weighted by Crippen LogP contribution is 2.23. The Morgan fingerprint density at radius 3 is 2.21 bits per heavy atom. The van der Waals surface area contributed by atoms with Crippen LogP contribution >= 0.6 is 0 Å². The summed E-state index contributed by atoms with van der Waals surface area (Å²) in [6.45, 7) is 1.60. The van der Waals surface area contributed by atoms with Crippen molar-refractivity contribution in [3.05, 3.63) is 105 Å². The Bertz CT molecular complexity index is 1400. The first-order valence-corrected chi connectivity index (χ1v) is 11.3. The van der Waals surface area contributed by atoms with E-state index in [9.17, 15) is 14.4 Å². The summed E-state index contributed by atoms with van der Waals surface area (Å²) < 4.78 is 1.32. The number of H-pyrrole nitrogens is 1. The van der Waals surface area contributed by atoms with Gasteiger partial charge in [-0.05, 0) is 54.2 Å². The van der Waals surface area contributed by atoms with Gasteiger partial charge < -0.3 is 9.88 Å². The normalized spacial score (nSPS) is 14.5. The minimum Gasteiger partial charge on any atom is -0.339 e. The van der Waals surface area contributed by atoms with Crippen LogP contribution in [0, 0.1) is 5.92 Å². The van der Waals surface area contributed by atoms with Crippen molar-refractivity contribution in [3.63, 3.8) is 0 Å². The molecule has 1 aliphatic heterocycles. The fraction of sp³-hybridized carbons (Fsp3) is 0.222. The van der Waals surface area contributed by atoms with Crippen molar-refractivity contribution in [2.45, 2.75) is 19.4 Å². The summed E-state index contributed by atoms with van der Waals surface area (Å²) >= 11 is 0. The first kappa shape index (κ1) is 20.9. The maximum absolute atomic E-state index is 13.2. The molecule has 6 nitrogen and oxygen atoms in total. The summed E-state index contributed by atoms with van der Waals surface area (Å²) in [6.07, 6.45) is 1.51. The number of hydrogen-bond acceptors (Lipinski definition) is 3. The second-order valence-corrected chi connectivity index (χ2v) is 8.57. The molecular weight excluding hydrogens is 414 g/mol. The van der Waals surface area contributed by atoms with E-state index in [-0.39, 0.29) is 23.1 Å². The molecule has 0 aliphatic carbocycles. The molecule has 1 amide bonds. The lowest BCUT2D eigenvalue weighted by atomic mass is 9.96. The largest absolute Gasteiger partial charge is 0.339 e. The molecule has 1 aromatic heterocycles. The van der Waals surface area contributed by atoms with Crippen LogP contribution in [0.2, 0.25) is 0 Å². The summed E-state index contributed by atoms with van der Waals surface area (Å²) in [5, 5.41) is 0.507. The minimum absolute atomic E-state index is 0.0308. The number of rotatable bonds is 4. The highest BCUT2D eigenvalue weighted by Gasteiger charge is 2.24. The number of likely N-dealkylation sites (tertiary alicyclic amines) is 1. The molecule has 33 heavy (non-hydrogen) atoms. The van der Waals surface area contributed by atoms with Gasteiger partial charge in [0, 0.05) is 25.2 Å². The molecule has 3 aromatic carbocycles. The van der Waals surface area contributed by atoms with Crippen LogP contribution in [0.25, 0.3) is 22.0 Å². The van der Waals surface area contributed by atoms with Crippen LogP contribution in [-0.2, 0) is 6.54 Å². The molecule has 0 spiro atoms. The fourth-order valence-corrected chi connectivity index (χ4v) is 4.57. The van der Waals surface area contributed by atoms with Gasteiger partial charge in [0.25, 0.3) is 11.5 Å². The van der Waals surface area contributed by atoms with Gasteiger partial charge in [0.05, 0.1) is 10.9 Å². The number of carbonyl (C=O) groups is 1. The van der Waals surface area contributed by atoms with Crippen LogP contribution in [0.15, 0.2) is 88.5 Å². The van der Waals surface area contributed by atoms with E-state index in [4.69, 9.17) is 0 Å². The van der Waals surface area contributed by atoms with Gasteiger partial charge >= 0.3 is 5.69 Å². The van der Waals surface area contributed by atoms with E-state index >= 15 is 0 Å². The average molecular weight is 440 g/mol. The lowest BCUT2D eigenvalue weighted by Gasteiger charge is -2.32. The third-order valence-electron chi connectivity index (χ3n) is 6.45. The third-order valence-corrected chi connectivity index (χ3v) is 6.45. The molecule has 4 aromatic rings. The van der Waals surface area contributed by atoms with Crippen molar-refractivity contribution in [2.75, 3.05) is 13.1 Å². The number of nitrogens with one attached hydrogen (secondary N) is 1. The number of aromatic nitrogens is 2. The van der Waals surface area contributed by atoms with E-state index in [1.54, 1.807) is 6.07 Å². The Balaban J connectivity index is 1.35. The van der Waals surface area contributed by atoms with E-state index in [0.29, 0.717) is 36.1 Å². The number of carbonyl (C=O) groups excluding carboxylic acids is 1. The predicted octanol–water partition coefficient (Wildman–Crippen LogP) is 3.91. The van der Waals surface area contributed by atoms with Gasteiger partial charge in [-0.3, -0.25) is 14.2 Å². The monoisotopic (exact) mass is 439 g/mol. The Morgan fingerprint density at radius 1 is 0.848 bits per heavy atom. The first-order chi connectivity index (χ1) is 16.1. The molecule has 5 rings (SSSR count). The molecule has 0 radical (unpaired) electrons. The summed E-state index contributed by atoms with van der Waals surface area (Å²) in [5.74, 6) is 0.196. The standard InChI is InChI=1S/C27H25N3O3/c31-25(21-9-5-2-6-10-21)29-15-13-19(14-16-29)18-30-26(32)23-17-22(20-7-3-1-4-8-20)11-12-24(23)28-27(30)33/h1-12,17,19H,13-16,18H2,(H,28,33). The number of hydrogen-bond donors (Lipinski definition) is 1. The molecule has 0 atom stereocenters. The first-order valence-electron chi connectivity index (χ1n) is 11.3. The van der Waals surface area contributed by atoms with Crippen molar-refractivity contribution in [1.29, 1.82) is 0 Å². The second kappa shape index (κ2) is 8.90. The quantitative estimate of drug-likeness (QED) is 0.524. The smallest absolute Gasteiger partial charge is 0.328 e. The fourth-order valence-electron chi connectivity index (χ4n) is 4.57. The van der Waals surface area contributed by atoms with Crippen molar-refractivity contribution < 1.29 is 4.79 Å². The van der Waals surface area contributed by atoms with Crippen molar-refractivity contribution in [2.24, 2.45) is 5.92 Å². The van der Waals surface area contributed by atoms with Gasteiger partial charge in [-0.2, -0.15) is 0 Å². The average Bonchev–Trinajstić information content (AvgIpc) is 2.87. The van der Waals surface area contributed by atoms with Gasteiger partial charge in [0.1, 0.15) is 0 Å². The Hall–Kier alpha value is -3.93. The van der Waals surface area contributed by atoms with E-state index in [1.807, 2.05) is 77.7 Å². The number of nitrogens with zero attached hydrogens (tertiary/aromatic N) is 2. The highest BCUT2D eigenvalue weighted by molar-refractivity contribution is 5.94. The third kappa shape index (κ3) is 4.24. The van der Waals surface area contributed by atoms with Crippen LogP contribution in [0.3, 0.4) is 0 Å². The number of piperidine rings is 1. The molecule has 2 heterocycles. The van der Waals surface area contributed by atoms with Gasteiger partial charge in [-0.25, -0.2) is 4.79 Å².